The number of thioether (sulfide) groups is 1. The van der Waals surface area contributed by atoms with Gasteiger partial charge in [-0.05, 0) is 55.1 Å². The number of tetrazole rings is 1. The van der Waals surface area contributed by atoms with Gasteiger partial charge in [0.15, 0.2) is 11.6 Å². The SMILES string of the molecule is CC(=O)c1c(C)[nH]c(C(=O)[C@@H](C)Sc2nnnn2Cc2cccs2)c1C. The Morgan fingerprint density at radius 2 is 2.15 bits per heavy atom. The van der Waals surface area contributed by atoms with Crippen molar-refractivity contribution < 1.29 is 9.59 Å². The fourth-order valence-corrected chi connectivity index (χ4v) is 4.40. The zero-order valence-electron chi connectivity index (χ0n) is 14.9. The van der Waals surface area contributed by atoms with Crippen LogP contribution in [0.3, 0.4) is 0 Å². The Bertz CT molecular complexity index is 943. The first kappa shape index (κ1) is 18.5. The van der Waals surface area contributed by atoms with Gasteiger partial charge in [-0.1, -0.05) is 17.8 Å². The number of nitrogens with zero attached hydrogens (tertiary/aromatic N) is 4. The van der Waals surface area contributed by atoms with E-state index in [1.165, 1.54) is 18.7 Å². The maximum Gasteiger partial charge on any atom is 0.210 e. The number of H-pyrrole nitrogens is 1. The number of carbonyl (C=O) groups excluding carboxylic acids is 2. The van der Waals surface area contributed by atoms with Gasteiger partial charge in [0.2, 0.25) is 5.16 Å². The maximum absolute atomic E-state index is 12.9. The number of aryl methyl sites for hydroxylation is 1. The van der Waals surface area contributed by atoms with Crippen molar-refractivity contribution >= 4 is 34.7 Å². The summed E-state index contributed by atoms with van der Waals surface area (Å²) in [5.41, 5.74) is 2.49. The highest BCUT2D eigenvalue weighted by molar-refractivity contribution is 8.00. The second kappa shape index (κ2) is 7.55. The number of aromatic amines is 1. The van der Waals surface area contributed by atoms with Crippen molar-refractivity contribution in [3.8, 4) is 0 Å². The molecule has 0 saturated carbocycles. The molecular weight excluding hydrogens is 370 g/mol. The molecule has 0 unspecified atom stereocenters. The van der Waals surface area contributed by atoms with E-state index in [1.54, 1.807) is 29.9 Å². The highest BCUT2D eigenvalue weighted by atomic mass is 32.2. The molecule has 0 saturated heterocycles. The Labute approximate surface area is 159 Å². The predicted molar refractivity (Wildman–Crippen MR) is 101 cm³/mol. The van der Waals surface area contributed by atoms with Gasteiger partial charge in [-0.3, -0.25) is 9.59 Å². The second-order valence-electron chi connectivity index (χ2n) is 6.00. The quantitative estimate of drug-likeness (QED) is 0.492. The summed E-state index contributed by atoms with van der Waals surface area (Å²) in [4.78, 5) is 28.9. The lowest BCUT2D eigenvalue weighted by molar-refractivity contribution is 0.0988. The fourth-order valence-electron chi connectivity index (χ4n) is 2.87. The van der Waals surface area contributed by atoms with Crippen LogP contribution in [-0.2, 0) is 6.54 Å². The summed E-state index contributed by atoms with van der Waals surface area (Å²) >= 11 is 2.94. The number of carbonyl (C=O) groups is 2. The van der Waals surface area contributed by atoms with E-state index in [0.29, 0.717) is 28.5 Å². The van der Waals surface area contributed by atoms with Crippen molar-refractivity contribution in [2.45, 2.75) is 44.6 Å². The molecule has 3 aromatic rings. The smallest absolute Gasteiger partial charge is 0.210 e. The third kappa shape index (κ3) is 3.63. The molecule has 9 heteroatoms. The Balaban J connectivity index is 1.78. The Kier molecular flexibility index (Phi) is 5.38. The number of hydrogen-bond donors (Lipinski definition) is 1. The van der Waals surface area contributed by atoms with E-state index >= 15 is 0 Å². The molecule has 0 spiro atoms. The van der Waals surface area contributed by atoms with Crippen LogP contribution in [0.5, 0.6) is 0 Å². The van der Waals surface area contributed by atoms with Crippen LogP contribution in [0.25, 0.3) is 0 Å². The minimum absolute atomic E-state index is 0.0458. The van der Waals surface area contributed by atoms with E-state index < -0.39 is 0 Å². The van der Waals surface area contributed by atoms with Crippen LogP contribution in [0, 0.1) is 13.8 Å². The molecule has 0 fully saturated rings. The molecule has 3 heterocycles. The number of ketones is 2. The largest absolute Gasteiger partial charge is 0.355 e. The number of Topliss-reactive ketones (excluding diaryl/α,β-unsaturated/α-hetero) is 2. The zero-order valence-corrected chi connectivity index (χ0v) is 16.6. The average molecular weight is 390 g/mol. The maximum atomic E-state index is 12.9. The van der Waals surface area contributed by atoms with Gasteiger partial charge >= 0.3 is 0 Å². The Morgan fingerprint density at radius 1 is 1.38 bits per heavy atom. The lowest BCUT2D eigenvalue weighted by Crippen LogP contribution is -2.16. The molecule has 0 aliphatic carbocycles. The highest BCUT2D eigenvalue weighted by Crippen LogP contribution is 2.27. The predicted octanol–water partition coefficient (Wildman–Crippen LogP) is 3.29. The van der Waals surface area contributed by atoms with Gasteiger partial charge in [0, 0.05) is 16.1 Å². The van der Waals surface area contributed by atoms with Crippen molar-refractivity contribution in [3.05, 3.63) is 44.9 Å². The lowest BCUT2D eigenvalue weighted by Gasteiger charge is -2.09. The normalized spacial score (nSPS) is 12.3. The molecule has 26 heavy (non-hydrogen) atoms. The van der Waals surface area contributed by atoms with E-state index in [1.807, 2.05) is 24.4 Å². The first-order chi connectivity index (χ1) is 12.4. The number of hydrogen-bond acceptors (Lipinski definition) is 7. The van der Waals surface area contributed by atoms with Gasteiger partial charge in [-0.15, -0.1) is 16.4 Å². The minimum Gasteiger partial charge on any atom is -0.355 e. The standard InChI is InChI=1S/C17H19N5O2S2/c1-9-14(11(3)23)10(2)18-15(9)16(24)12(4)26-17-19-20-21-22(17)8-13-6-5-7-25-13/h5-7,12,18H,8H2,1-4H3/t12-/m1/s1. The summed E-state index contributed by atoms with van der Waals surface area (Å²) in [6.07, 6.45) is 0. The third-order valence-corrected chi connectivity index (χ3v) is 6.00. The molecule has 0 aromatic carbocycles. The van der Waals surface area contributed by atoms with Crippen molar-refractivity contribution in [1.29, 1.82) is 0 Å². The van der Waals surface area contributed by atoms with Crippen molar-refractivity contribution in [2.24, 2.45) is 0 Å². The molecule has 1 N–H and O–H groups in total. The first-order valence-corrected chi connectivity index (χ1v) is 9.84. The molecule has 0 aliphatic rings. The molecule has 7 nitrogen and oxygen atoms in total. The van der Waals surface area contributed by atoms with E-state index in [4.69, 9.17) is 0 Å². The molecule has 0 bridgehead atoms. The molecule has 0 amide bonds. The first-order valence-electron chi connectivity index (χ1n) is 8.08. The van der Waals surface area contributed by atoms with E-state index in [2.05, 4.69) is 20.5 Å². The minimum atomic E-state index is -0.389. The topological polar surface area (TPSA) is 93.5 Å². The number of nitrogens with one attached hydrogen (secondary N) is 1. The molecule has 3 rings (SSSR count). The second-order valence-corrected chi connectivity index (χ2v) is 8.34. The van der Waals surface area contributed by atoms with Gasteiger partial charge in [-0.2, -0.15) is 0 Å². The molecule has 0 aliphatic heterocycles. The molecule has 136 valence electrons. The summed E-state index contributed by atoms with van der Waals surface area (Å²) in [6, 6.07) is 4.00. The molecule has 3 aromatic heterocycles. The third-order valence-electron chi connectivity index (χ3n) is 4.07. The van der Waals surface area contributed by atoms with E-state index in [9.17, 15) is 9.59 Å². The van der Waals surface area contributed by atoms with E-state index in [0.717, 1.165) is 10.6 Å². The van der Waals surface area contributed by atoms with Crippen LogP contribution in [0.15, 0.2) is 22.7 Å². The number of thiophene rings is 1. The Hall–Kier alpha value is -2.26. The van der Waals surface area contributed by atoms with Crippen molar-refractivity contribution in [1.82, 2.24) is 25.2 Å². The number of aromatic nitrogens is 5. The summed E-state index contributed by atoms with van der Waals surface area (Å²) in [5.74, 6) is -0.121. The Morgan fingerprint density at radius 3 is 2.77 bits per heavy atom. The highest BCUT2D eigenvalue weighted by Gasteiger charge is 2.25. The van der Waals surface area contributed by atoms with Gasteiger partial charge in [0.1, 0.15) is 0 Å². The summed E-state index contributed by atoms with van der Waals surface area (Å²) < 4.78 is 1.69. The lowest BCUT2D eigenvalue weighted by atomic mass is 10.0. The molecule has 1 atom stereocenters. The van der Waals surface area contributed by atoms with E-state index in [-0.39, 0.29) is 16.8 Å². The van der Waals surface area contributed by atoms with Crippen molar-refractivity contribution in [2.75, 3.05) is 0 Å². The van der Waals surface area contributed by atoms with Crippen LogP contribution in [-0.4, -0.2) is 42.0 Å². The average Bonchev–Trinajstić information content (AvgIpc) is 3.29. The van der Waals surface area contributed by atoms with Gasteiger partial charge in [0.05, 0.1) is 17.5 Å². The zero-order chi connectivity index (χ0) is 18.8. The monoisotopic (exact) mass is 389 g/mol. The van der Waals surface area contributed by atoms with Crippen molar-refractivity contribution in [3.63, 3.8) is 0 Å². The van der Waals surface area contributed by atoms with Crippen LogP contribution in [0.2, 0.25) is 0 Å². The molecular formula is C17H19N5O2S2. The van der Waals surface area contributed by atoms with Gasteiger partial charge < -0.3 is 4.98 Å². The van der Waals surface area contributed by atoms with Gasteiger partial charge in [0.25, 0.3) is 0 Å². The van der Waals surface area contributed by atoms with Crippen LogP contribution >= 0.6 is 23.1 Å². The molecule has 0 radical (unpaired) electrons. The summed E-state index contributed by atoms with van der Waals surface area (Å²) in [5, 5.41) is 14.0. The fraction of sp³-hybridized carbons (Fsp3) is 0.353. The van der Waals surface area contributed by atoms with Crippen LogP contribution in [0.1, 0.15) is 50.8 Å². The van der Waals surface area contributed by atoms with Crippen LogP contribution < -0.4 is 0 Å². The van der Waals surface area contributed by atoms with Crippen LogP contribution in [0.4, 0.5) is 0 Å². The van der Waals surface area contributed by atoms with Gasteiger partial charge in [-0.25, -0.2) is 4.68 Å². The number of rotatable bonds is 7. The summed E-state index contributed by atoms with van der Waals surface area (Å²) in [7, 11) is 0. The summed E-state index contributed by atoms with van der Waals surface area (Å²) in [6.45, 7) is 7.50.